The van der Waals surface area contributed by atoms with Crippen molar-refractivity contribution in [2.75, 3.05) is 6.54 Å². The zero-order chi connectivity index (χ0) is 13.0. The number of hydrogen-bond acceptors (Lipinski definition) is 4. The van der Waals surface area contributed by atoms with Gasteiger partial charge in [0.1, 0.15) is 5.69 Å². The summed E-state index contributed by atoms with van der Waals surface area (Å²) in [5.41, 5.74) is 6.62. The molecule has 2 aromatic rings. The lowest BCUT2D eigenvalue weighted by Crippen LogP contribution is -2.23. The van der Waals surface area contributed by atoms with Crippen molar-refractivity contribution in [3.8, 4) is 0 Å². The third kappa shape index (κ3) is 2.95. The number of hydrogen-bond donors (Lipinski definition) is 2. The van der Waals surface area contributed by atoms with Crippen LogP contribution in [0.3, 0.4) is 0 Å². The molecule has 7 nitrogen and oxygen atoms in total. The van der Waals surface area contributed by atoms with Crippen LogP contribution in [0.1, 0.15) is 16.2 Å². The summed E-state index contributed by atoms with van der Waals surface area (Å²) in [6.07, 6.45) is 5.11. The van der Waals surface area contributed by atoms with Crippen LogP contribution in [-0.4, -0.2) is 31.8 Å². The van der Waals surface area contributed by atoms with Gasteiger partial charge in [-0.25, -0.2) is 4.98 Å². The second kappa shape index (κ2) is 5.46. The fraction of sp³-hybridized carbons (Fsp3) is 0.364. The first-order valence-electron chi connectivity index (χ1n) is 5.67. The Hall–Kier alpha value is -2.15. The predicted octanol–water partition coefficient (Wildman–Crippen LogP) is -0.495. The van der Waals surface area contributed by atoms with Crippen LogP contribution >= 0.6 is 0 Å². The number of rotatable bonds is 5. The zero-order valence-corrected chi connectivity index (χ0v) is 10.2. The lowest BCUT2D eigenvalue weighted by molar-refractivity contribution is 0.0945. The van der Waals surface area contributed by atoms with E-state index in [-0.39, 0.29) is 5.91 Å². The van der Waals surface area contributed by atoms with Crippen molar-refractivity contribution in [3.05, 3.63) is 36.2 Å². The molecule has 2 rings (SSSR count). The summed E-state index contributed by atoms with van der Waals surface area (Å²) in [7, 11) is 1.83. The fourth-order valence-corrected chi connectivity index (χ4v) is 1.57. The number of amides is 1. The number of aryl methyl sites for hydroxylation is 1. The van der Waals surface area contributed by atoms with E-state index in [0.717, 1.165) is 5.69 Å². The van der Waals surface area contributed by atoms with E-state index in [4.69, 9.17) is 5.73 Å². The number of carbonyl (C=O) groups excluding carboxylic acids is 1. The first kappa shape index (κ1) is 12.3. The van der Waals surface area contributed by atoms with Gasteiger partial charge in [-0.2, -0.15) is 5.10 Å². The van der Waals surface area contributed by atoms with E-state index < -0.39 is 0 Å². The zero-order valence-electron chi connectivity index (χ0n) is 10.2. The second-order valence-electron chi connectivity index (χ2n) is 3.95. The van der Waals surface area contributed by atoms with E-state index in [1.54, 1.807) is 21.8 Å². The molecule has 0 aliphatic rings. The number of nitrogens with two attached hydrogens (primary N) is 1. The highest BCUT2D eigenvalue weighted by Gasteiger charge is 2.09. The molecule has 0 radical (unpaired) electrons. The molecule has 0 atom stereocenters. The van der Waals surface area contributed by atoms with Gasteiger partial charge in [-0.1, -0.05) is 0 Å². The van der Waals surface area contributed by atoms with Gasteiger partial charge in [0.2, 0.25) is 0 Å². The summed E-state index contributed by atoms with van der Waals surface area (Å²) in [4.78, 5) is 15.8. The molecular formula is C11H16N6O. The molecular weight excluding hydrogens is 232 g/mol. The molecule has 96 valence electrons. The van der Waals surface area contributed by atoms with Gasteiger partial charge in [0, 0.05) is 32.5 Å². The van der Waals surface area contributed by atoms with E-state index in [9.17, 15) is 4.79 Å². The van der Waals surface area contributed by atoms with Crippen LogP contribution in [0.2, 0.25) is 0 Å². The van der Waals surface area contributed by atoms with Crippen LogP contribution in [0, 0.1) is 0 Å². The largest absolute Gasteiger partial charge is 0.345 e. The quantitative estimate of drug-likeness (QED) is 0.746. The summed E-state index contributed by atoms with van der Waals surface area (Å²) in [5, 5.41) is 6.93. The molecule has 0 aliphatic heterocycles. The summed E-state index contributed by atoms with van der Waals surface area (Å²) in [6.45, 7) is 1.56. The number of imidazole rings is 1. The number of carbonyl (C=O) groups is 1. The minimum atomic E-state index is -0.212. The maximum absolute atomic E-state index is 11.8. The Morgan fingerprint density at radius 2 is 2.39 bits per heavy atom. The molecule has 0 aliphatic carbocycles. The van der Waals surface area contributed by atoms with Crippen LogP contribution in [0.15, 0.2) is 24.8 Å². The third-order valence-corrected chi connectivity index (χ3v) is 2.45. The Morgan fingerprint density at radius 1 is 1.56 bits per heavy atom. The van der Waals surface area contributed by atoms with Crippen molar-refractivity contribution in [2.24, 2.45) is 12.8 Å². The summed E-state index contributed by atoms with van der Waals surface area (Å²) >= 11 is 0. The minimum Gasteiger partial charge on any atom is -0.345 e. The van der Waals surface area contributed by atoms with Crippen LogP contribution < -0.4 is 11.1 Å². The Labute approximate surface area is 105 Å². The van der Waals surface area contributed by atoms with Gasteiger partial charge in [0.05, 0.1) is 18.6 Å². The highest BCUT2D eigenvalue weighted by Crippen LogP contribution is 1.98. The van der Waals surface area contributed by atoms with Crippen LogP contribution in [0.25, 0.3) is 0 Å². The first-order chi connectivity index (χ1) is 8.69. The molecule has 3 N–H and O–H groups in total. The molecule has 18 heavy (non-hydrogen) atoms. The normalized spacial score (nSPS) is 10.6. The Kier molecular flexibility index (Phi) is 3.73. The topological polar surface area (TPSA) is 90.8 Å². The molecule has 0 unspecified atom stereocenters. The highest BCUT2D eigenvalue weighted by molar-refractivity contribution is 5.91. The molecule has 1 amide bonds. The van der Waals surface area contributed by atoms with Crippen molar-refractivity contribution < 1.29 is 4.79 Å². The van der Waals surface area contributed by atoms with E-state index in [0.29, 0.717) is 25.3 Å². The molecule has 0 aromatic carbocycles. The smallest absolute Gasteiger partial charge is 0.271 e. The van der Waals surface area contributed by atoms with Crippen molar-refractivity contribution >= 4 is 5.91 Å². The molecule has 2 heterocycles. The van der Waals surface area contributed by atoms with Crippen molar-refractivity contribution in [2.45, 2.75) is 13.1 Å². The number of nitrogens with one attached hydrogen (secondary N) is 1. The van der Waals surface area contributed by atoms with E-state index >= 15 is 0 Å². The monoisotopic (exact) mass is 248 g/mol. The minimum absolute atomic E-state index is 0.212. The molecule has 2 aromatic heterocycles. The maximum Gasteiger partial charge on any atom is 0.271 e. The van der Waals surface area contributed by atoms with Gasteiger partial charge in [-0.05, 0) is 6.07 Å². The van der Waals surface area contributed by atoms with E-state index in [1.165, 1.54) is 0 Å². The number of aromatic nitrogens is 4. The predicted molar refractivity (Wildman–Crippen MR) is 65.7 cm³/mol. The van der Waals surface area contributed by atoms with Crippen molar-refractivity contribution in [1.29, 1.82) is 0 Å². The Morgan fingerprint density at radius 3 is 3.06 bits per heavy atom. The van der Waals surface area contributed by atoms with Gasteiger partial charge in [0.25, 0.3) is 5.91 Å². The first-order valence-corrected chi connectivity index (χ1v) is 5.67. The lowest BCUT2D eigenvalue weighted by Gasteiger charge is -2.00. The third-order valence-electron chi connectivity index (χ3n) is 2.45. The SMILES string of the molecule is Cn1ccc(CNC(=O)c2cn(CCN)cn2)n1. The van der Waals surface area contributed by atoms with Gasteiger partial charge in [0.15, 0.2) is 0 Å². The van der Waals surface area contributed by atoms with E-state index in [2.05, 4.69) is 15.4 Å². The molecule has 0 saturated carbocycles. The van der Waals surface area contributed by atoms with Gasteiger partial charge in [-0.15, -0.1) is 0 Å². The average molecular weight is 248 g/mol. The molecule has 0 fully saturated rings. The summed E-state index contributed by atoms with van der Waals surface area (Å²) < 4.78 is 3.48. The maximum atomic E-state index is 11.8. The second-order valence-corrected chi connectivity index (χ2v) is 3.95. The van der Waals surface area contributed by atoms with E-state index in [1.807, 2.05) is 19.3 Å². The molecule has 0 spiro atoms. The van der Waals surface area contributed by atoms with Crippen LogP contribution in [-0.2, 0) is 20.1 Å². The molecule has 0 bridgehead atoms. The Bertz CT molecular complexity index is 529. The van der Waals surface area contributed by atoms with Gasteiger partial charge in [-0.3, -0.25) is 9.48 Å². The summed E-state index contributed by atoms with van der Waals surface area (Å²) in [5.74, 6) is -0.212. The molecule has 0 saturated heterocycles. The molecule has 7 heteroatoms. The van der Waals surface area contributed by atoms with Gasteiger partial charge >= 0.3 is 0 Å². The summed E-state index contributed by atoms with van der Waals surface area (Å²) in [6, 6.07) is 1.85. The van der Waals surface area contributed by atoms with Crippen LogP contribution in [0.4, 0.5) is 0 Å². The fourth-order valence-electron chi connectivity index (χ4n) is 1.57. The van der Waals surface area contributed by atoms with Crippen molar-refractivity contribution in [3.63, 3.8) is 0 Å². The highest BCUT2D eigenvalue weighted by atomic mass is 16.1. The van der Waals surface area contributed by atoms with Gasteiger partial charge < -0.3 is 15.6 Å². The van der Waals surface area contributed by atoms with Crippen LogP contribution in [0.5, 0.6) is 0 Å². The Balaban J connectivity index is 1.90. The average Bonchev–Trinajstić information content (AvgIpc) is 2.96. The number of nitrogens with zero attached hydrogens (tertiary/aromatic N) is 4. The standard InChI is InChI=1S/C11H16N6O/c1-16-4-2-9(15-16)6-13-11(18)10-7-17(5-3-12)8-14-10/h2,4,7-8H,3,5-6,12H2,1H3,(H,13,18). The lowest BCUT2D eigenvalue weighted by atomic mass is 10.4. The van der Waals surface area contributed by atoms with Crippen molar-refractivity contribution in [1.82, 2.24) is 24.6 Å².